The van der Waals surface area contributed by atoms with Gasteiger partial charge in [-0.2, -0.15) is 0 Å². The summed E-state index contributed by atoms with van der Waals surface area (Å²) in [5, 5.41) is 9.11. The van der Waals surface area contributed by atoms with Crippen LogP contribution in [-0.2, 0) is 0 Å². The molecule has 5 nitrogen and oxygen atoms in total. The van der Waals surface area contributed by atoms with Gasteiger partial charge in [0.25, 0.3) is 0 Å². The summed E-state index contributed by atoms with van der Waals surface area (Å²) in [6, 6.07) is 8.53. The summed E-state index contributed by atoms with van der Waals surface area (Å²) < 4.78 is 29.6. The lowest BCUT2D eigenvalue weighted by Gasteiger charge is -2.15. The Morgan fingerprint density at radius 1 is 1.00 bits per heavy atom. The van der Waals surface area contributed by atoms with E-state index < -0.39 is 17.5 Å². The van der Waals surface area contributed by atoms with Gasteiger partial charge in [0, 0.05) is 0 Å². The second kappa shape index (κ2) is 6.13. The Morgan fingerprint density at radius 2 is 1.57 bits per heavy atom. The van der Waals surface area contributed by atoms with E-state index in [1.807, 2.05) is 0 Å². The number of hydrogen-bond donors (Lipinski definition) is 1. The predicted octanol–water partition coefficient (Wildman–Crippen LogP) is 3.33. The molecule has 0 aliphatic heterocycles. The number of ether oxygens (including phenoxy) is 3. The highest BCUT2D eigenvalue weighted by Crippen LogP contribution is 2.41. The molecule has 0 aliphatic rings. The Labute approximate surface area is 120 Å². The molecular weight excluding hydrogens is 279 g/mol. The molecule has 0 saturated heterocycles. The number of para-hydroxylation sites is 2. The van der Waals surface area contributed by atoms with Crippen LogP contribution in [0.15, 0.2) is 36.4 Å². The molecule has 0 aliphatic carbocycles. The number of hydrogen-bond acceptors (Lipinski definition) is 4. The molecule has 21 heavy (non-hydrogen) atoms. The summed E-state index contributed by atoms with van der Waals surface area (Å²) >= 11 is 0. The summed E-state index contributed by atoms with van der Waals surface area (Å²) in [7, 11) is 2.84. The Bertz CT molecular complexity index is 647. The first-order chi connectivity index (χ1) is 10.1. The van der Waals surface area contributed by atoms with Crippen molar-refractivity contribution in [1.82, 2.24) is 0 Å². The second-order valence-electron chi connectivity index (χ2n) is 4.02. The van der Waals surface area contributed by atoms with E-state index >= 15 is 0 Å². The van der Waals surface area contributed by atoms with Crippen LogP contribution in [0.5, 0.6) is 23.0 Å². The number of methoxy groups -OCH3 is 2. The molecule has 2 rings (SSSR count). The predicted molar refractivity (Wildman–Crippen MR) is 73.0 cm³/mol. The van der Waals surface area contributed by atoms with Gasteiger partial charge in [0.2, 0.25) is 5.75 Å². The summed E-state index contributed by atoms with van der Waals surface area (Å²) in [5.74, 6) is -1.77. The van der Waals surface area contributed by atoms with Crippen LogP contribution in [0, 0.1) is 5.82 Å². The third kappa shape index (κ3) is 2.89. The van der Waals surface area contributed by atoms with Gasteiger partial charge in [-0.3, -0.25) is 0 Å². The lowest BCUT2D eigenvalue weighted by Crippen LogP contribution is -2.03. The van der Waals surface area contributed by atoms with Gasteiger partial charge in [-0.1, -0.05) is 12.1 Å². The highest BCUT2D eigenvalue weighted by Gasteiger charge is 2.20. The molecule has 6 heteroatoms. The maximum absolute atomic E-state index is 13.9. The molecule has 110 valence electrons. The monoisotopic (exact) mass is 292 g/mol. The van der Waals surface area contributed by atoms with E-state index in [0.717, 1.165) is 6.07 Å². The molecule has 0 spiro atoms. The minimum Gasteiger partial charge on any atom is -0.493 e. The standard InChI is InChI=1S/C15H13FO5/c1-19-11-7-4-8-12(20-2)14(11)21-13-9(15(17)18)5-3-6-10(13)16/h3-8H,1-2H3,(H,17,18). The molecule has 0 aromatic heterocycles. The smallest absolute Gasteiger partial charge is 0.339 e. The zero-order valence-corrected chi connectivity index (χ0v) is 11.4. The van der Waals surface area contributed by atoms with Crippen molar-refractivity contribution in [2.45, 2.75) is 0 Å². The molecule has 0 fully saturated rings. The summed E-state index contributed by atoms with van der Waals surface area (Å²) in [6.45, 7) is 0. The zero-order chi connectivity index (χ0) is 15.4. The fourth-order valence-electron chi connectivity index (χ4n) is 1.80. The van der Waals surface area contributed by atoms with Crippen molar-refractivity contribution in [3.8, 4) is 23.0 Å². The van der Waals surface area contributed by atoms with Crippen LogP contribution >= 0.6 is 0 Å². The minimum atomic E-state index is -1.29. The topological polar surface area (TPSA) is 65.0 Å². The summed E-state index contributed by atoms with van der Waals surface area (Å²) in [6.07, 6.45) is 0. The van der Waals surface area contributed by atoms with E-state index in [1.165, 1.54) is 26.4 Å². The van der Waals surface area contributed by atoms with E-state index in [0.29, 0.717) is 11.5 Å². The van der Waals surface area contributed by atoms with Crippen LogP contribution < -0.4 is 14.2 Å². The second-order valence-corrected chi connectivity index (χ2v) is 4.02. The molecular formula is C15H13FO5. The molecule has 2 aromatic carbocycles. The largest absolute Gasteiger partial charge is 0.493 e. The van der Waals surface area contributed by atoms with Gasteiger partial charge in [0.05, 0.1) is 14.2 Å². The fourth-order valence-corrected chi connectivity index (χ4v) is 1.80. The van der Waals surface area contributed by atoms with Crippen molar-refractivity contribution in [3.05, 3.63) is 47.8 Å². The first-order valence-electron chi connectivity index (χ1n) is 5.99. The van der Waals surface area contributed by atoms with E-state index in [1.54, 1.807) is 18.2 Å². The third-order valence-corrected chi connectivity index (χ3v) is 2.78. The van der Waals surface area contributed by atoms with Gasteiger partial charge in [-0.15, -0.1) is 0 Å². The van der Waals surface area contributed by atoms with E-state index in [9.17, 15) is 9.18 Å². The quantitative estimate of drug-likeness (QED) is 0.915. The molecule has 0 radical (unpaired) electrons. The van der Waals surface area contributed by atoms with Crippen molar-refractivity contribution in [1.29, 1.82) is 0 Å². The van der Waals surface area contributed by atoms with E-state index in [4.69, 9.17) is 19.3 Å². The number of rotatable bonds is 5. The van der Waals surface area contributed by atoms with Gasteiger partial charge < -0.3 is 19.3 Å². The number of aromatic carboxylic acids is 1. The number of benzene rings is 2. The molecule has 0 saturated carbocycles. The third-order valence-electron chi connectivity index (χ3n) is 2.78. The van der Waals surface area contributed by atoms with Crippen molar-refractivity contribution in [3.63, 3.8) is 0 Å². The van der Waals surface area contributed by atoms with Crippen LogP contribution in [0.1, 0.15) is 10.4 Å². The van der Waals surface area contributed by atoms with Crippen molar-refractivity contribution < 1.29 is 28.5 Å². The lowest BCUT2D eigenvalue weighted by molar-refractivity contribution is 0.0693. The van der Waals surface area contributed by atoms with Crippen LogP contribution in [0.4, 0.5) is 4.39 Å². The molecule has 1 N–H and O–H groups in total. The highest BCUT2D eigenvalue weighted by atomic mass is 19.1. The first-order valence-corrected chi connectivity index (χ1v) is 5.99. The Kier molecular flexibility index (Phi) is 4.27. The number of carbonyl (C=O) groups is 1. The molecule has 0 bridgehead atoms. The van der Waals surface area contributed by atoms with Gasteiger partial charge in [0.1, 0.15) is 5.56 Å². The SMILES string of the molecule is COc1cccc(OC)c1Oc1c(F)cccc1C(=O)O. The molecule has 2 aromatic rings. The lowest BCUT2D eigenvalue weighted by atomic mass is 10.2. The maximum atomic E-state index is 13.9. The van der Waals surface area contributed by atoms with Crippen LogP contribution in [0.25, 0.3) is 0 Å². The number of carboxylic acid groups (broad SMARTS) is 1. The molecule has 0 amide bonds. The average molecular weight is 292 g/mol. The van der Waals surface area contributed by atoms with E-state index in [-0.39, 0.29) is 11.3 Å². The fraction of sp³-hybridized carbons (Fsp3) is 0.133. The van der Waals surface area contributed by atoms with Crippen LogP contribution in [0.3, 0.4) is 0 Å². The molecule has 0 unspecified atom stereocenters. The Hall–Kier alpha value is -2.76. The van der Waals surface area contributed by atoms with Gasteiger partial charge in [-0.05, 0) is 24.3 Å². The molecule has 0 heterocycles. The maximum Gasteiger partial charge on any atom is 0.339 e. The number of halogens is 1. The number of carboxylic acids is 1. The van der Waals surface area contributed by atoms with Crippen LogP contribution in [-0.4, -0.2) is 25.3 Å². The van der Waals surface area contributed by atoms with Gasteiger partial charge in [-0.25, -0.2) is 9.18 Å². The summed E-state index contributed by atoms with van der Waals surface area (Å²) in [5.41, 5.74) is -0.289. The molecule has 0 atom stereocenters. The van der Waals surface area contributed by atoms with Crippen LogP contribution in [0.2, 0.25) is 0 Å². The van der Waals surface area contributed by atoms with Gasteiger partial charge >= 0.3 is 5.97 Å². The van der Waals surface area contributed by atoms with E-state index in [2.05, 4.69) is 0 Å². The normalized spacial score (nSPS) is 10.0. The Balaban J connectivity index is 2.55. The average Bonchev–Trinajstić information content (AvgIpc) is 2.49. The minimum absolute atomic E-state index is 0.107. The van der Waals surface area contributed by atoms with Crippen molar-refractivity contribution >= 4 is 5.97 Å². The summed E-state index contributed by atoms with van der Waals surface area (Å²) in [4.78, 5) is 11.2. The zero-order valence-electron chi connectivity index (χ0n) is 11.4. The highest BCUT2D eigenvalue weighted by molar-refractivity contribution is 5.91. The van der Waals surface area contributed by atoms with Crippen molar-refractivity contribution in [2.75, 3.05) is 14.2 Å². The Morgan fingerprint density at radius 3 is 2.10 bits per heavy atom. The van der Waals surface area contributed by atoms with Crippen molar-refractivity contribution in [2.24, 2.45) is 0 Å². The van der Waals surface area contributed by atoms with Gasteiger partial charge in [0.15, 0.2) is 23.1 Å². The first kappa shape index (κ1) is 14.6.